The second kappa shape index (κ2) is 8.52. The number of thiophene rings is 1. The molecular weight excluding hydrogens is 398 g/mol. The Hall–Kier alpha value is -3.73. The summed E-state index contributed by atoms with van der Waals surface area (Å²) in [5.74, 6) is -1.51. The highest BCUT2D eigenvalue weighted by atomic mass is 32.1. The van der Waals surface area contributed by atoms with Crippen molar-refractivity contribution in [3.05, 3.63) is 60.8 Å². The van der Waals surface area contributed by atoms with Crippen LogP contribution in [0.15, 0.2) is 39.9 Å². The second-order valence-electron chi connectivity index (χ2n) is 6.05. The molecule has 29 heavy (non-hydrogen) atoms. The van der Waals surface area contributed by atoms with Crippen molar-refractivity contribution < 1.29 is 14.4 Å². The Balaban J connectivity index is 1.55. The summed E-state index contributed by atoms with van der Waals surface area (Å²) >= 11 is 1.31. The lowest BCUT2D eigenvalue weighted by molar-refractivity contribution is -0.123. The molecule has 2 aromatic heterocycles. The fourth-order valence-electron chi connectivity index (χ4n) is 2.57. The number of carbonyl (C=O) groups excluding carboxylic acids is 3. The Bertz CT molecular complexity index is 1210. The van der Waals surface area contributed by atoms with E-state index in [9.17, 15) is 24.0 Å². The third-order valence-corrected chi connectivity index (χ3v) is 4.92. The molecule has 0 radical (unpaired) electrons. The fourth-order valence-corrected chi connectivity index (χ4v) is 3.36. The van der Waals surface area contributed by atoms with Gasteiger partial charge >= 0.3 is 0 Å². The third kappa shape index (κ3) is 4.76. The number of anilines is 1. The molecule has 3 amide bonds. The molecule has 0 spiro atoms. The lowest BCUT2D eigenvalue weighted by Crippen LogP contribution is -2.40. The predicted octanol–water partition coefficient (Wildman–Crippen LogP) is 0.0710. The molecule has 1 aromatic carbocycles. The van der Waals surface area contributed by atoms with Gasteiger partial charge in [-0.05, 0) is 31.2 Å². The maximum Gasteiger partial charge on any atom is 0.272 e. The maximum absolute atomic E-state index is 12.1. The first-order valence-corrected chi connectivity index (χ1v) is 9.31. The van der Waals surface area contributed by atoms with Crippen molar-refractivity contribution in [3.63, 3.8) is 0 Å². The zero-order valence-corrected chi connectivity index (χ0v) is 16.1. The summed E-state index contributed by atoms with van der Waals surface area (Å²) in [7, 11) is 0. The smallest absolute Gasteiger partial charge is 0.272 e. The van der Waals surface area contributed by atoms with E-state index in [-0.39, 0.29) is 35.5 Å². The van der Waals surface area contributed by atoms with Crippen molar-refractivity contribution in [2.75, 3.05) is 18.4 Å². The van der Waals surface area contributed by atoms with Gasteiger partial charge in [0.1, 0.15) is 0 Å². The number of benzene rings is 1. The molecule has 3 rings (SSSR count). The lowest BCUT2D eigenvalue weighted by atomic mass is 10.1. The van der Waals surface area contributed by atoms with Crippen LogP contribution in [0.3, 0.4) is 0 Å². The third-order valence-electron chi connectivity index (χ3n) is 3.92. The Morgan fingerprint density at radius 2 is 1.66 bits per heavy atom. The zero-order chi connectivity index (χ0) is 21.0. The van der Waals surface area contributed by atoms with E-state index in [1.165, 1.54) is 29.5 Å². The summed E-state index contributed by atoms with van der Waals surface area (Å²) in [5.41, 5.74) is -0.915. The average Bonchev–Trinajstić information content (AvgIpc) is 3.14. The number of amides is 3. The molecule has 5 N–H and O–H groups in total. The van der Waals surface area contributed by atoms with Gasteiger partial charge in [0.15, 0.2) is 0 Å². The molecule has 0 aliphatic heterocycles. The lowest BCUT2D eigenvalue weighted by Gasteiger charge is -2.09. The minimum absolute atomic E-state index is 0.0365. The van der Waals surface area contributed by atoms with Gasteiger partial charge in [-0.25, -0.2) is 0 Å². The first-order valence-electron chi connectivity index (χ1n) is 8.50. The van der Waals surface area contributed by atoms with Gasteiger partial charge in [0, 0.05) is 4.88 Å². The minimum atomic E-state index is -0.592. The van der Waals surface area contributed by atoms with Gasteiger partial charge in [-0.3, -0.25) is 34.2 Å². The molecule has 0 aliphatic carbocycles. The summed E-state index contributed by atoms with van der Waals surface area (Å²) in [4.78, 5) is 61.1. The quantitative estimate of drug-likeness (QED) is 0.386. The first kappa shape index (κ1) is 20.0. The van der Waals surface area contributed by atoms with Crippen molar-refractivity contribution >= 4 is 45.5 Å². The van der Waals surface area contributed by atoms with E-state index in [0.29, 0.717) is 4.88 Å². The van der Waals surface area contributed by atoms with Crippen LogP contribution in [0.4, 0.5) is 5.69 Å². The van der Waals surface area contributed by atoms with Crippen molar-refractivity contribution in [1.29, 1.82) is 0 Å². The highest BCUT2D eigenvalue weighted by Gasteiger charge is 2.13. The maximum atomic E-state index is 12.1. The average molecular weight is 415 g/mol. The Labute approximate surface area is 167 Å². The number of aryl methyl sites for hydroxylation is 1. The number of fused-ring (bicyclic) bond motifs is 1. The van der Waals surface area contributed by atoms with Gasteiger partial charge in [0.05, 0.1) is 34.4 Å². The van der Waals surface area contributed by atoms with Crippen LogP contribution in [-0.4, -0.2) is 41.0 Å². The number of hydrogen-bond donors (Lipinski definition) is 5. The van der Waals surface area contributed by atoms with Crippen LogP contribution in [0.1, 0.15) is 14.5 Å². The molecule has 0 unspecified atom stereocenters. The molecule has 0 bridgehead atoms. The molecule has 0 aliphatic rings. The monoisotopic (exact) mass is 415 g/mol. The Kier molecular flexibility index (Phi) is 5.88. The number of H-pyrrole nitrogens is 2. The van der Waals surface area contributed by atoms with E-state index in [0.717, 1.165) is 4.88 Å². The summed E-state index contributed by atoms with van der Waals surface area (Å²) in [5, 5.41) is 11.9. The number of nitrogens with one attached hydrogen (secondary N) is 5. The minimum Gasteiger partial charge on any atom is -0.345 e. The molecule has 2 heterocycles. The zero-order valence-electron chi connectivity index (χ0n) is 15.3. The van der Waals surface area contributed by atoms with Gasteiger partial charge in [-0.15, -0.1) is 11.3 Å². The van der Waals surface area contributed by atoms with Crippen LogP contribution in [0, 0.1) is 6.92 Å². The van der Waals surface area contributed by atoms with Crippen molar-refractivity contribution in [2.45, 2.75) is 6.92 Å². The number of rotatable bonds is 6. The molecule has 0 saturated heterocycles. The van der Waals surface area contributed by atoms with Crippen LogP contribution in [0.25, 0.3) is 10.8 Å². The topological polar surface area (TPSA) is 153 Å². The molecular formula is C18H17N5O5S. The summed E-state index contributed by atoms with van der Waals surface area (Å²) in [6.07, 6.45) is 0. The van der Waals surface area contributed by atoms with E-state index in [2.05, 4.69) is 26.1 Å². The molecule has 0 fully saturated rings. The van der Waals surface area contributed by atoms with Crippen molar-refractivity contribution in [1.82, 2.24) is 20.8 Å². The van der Waals surface area contributed by atoms with Crippen LogP contribution < -0.4 is 27.1 Å². The Morgan fingerprint density at radius 1 is 0.931 bits per heavy atom. The van der Waals surface area contributed by atoms with Gasteiger partial charge in [-0.1, -0.05) is 6.07 Å². The molecule has 150 valence electrons. The highest BCUT2D eigenvalue weighted by molar-refractivity contribution is 7.13. The molecule has 0 saturated carbocycles. The number of aromatic nitrogens is 2. The first-order chi connectivity index (χ1) is 13.8. The van der Waals surface area contributed by atoms with Gasteiger partial charge in [-0.2, -0.15) is 0 Å². The van der Waals surface area contributed by atoms with Crippen LogP contribution in [0.2, 0.25) is 0 Å². The molecule has 0 atom stereocenters. The molecule has 11 heteroatoms. The second-order valence-corrected chi connectivity index (χ2v) is 7.34. The largest absolute Gasteiger partial charge is 0.345 e. The van der Waals surface area contributed by atoms with Crippen LogP contribution >= 0.6 is 11.3 Å². The summed E-state index contributed by atoms with van der Waals surface area (Å²) in [6, 6.07) is 7.92. The van der Waals surface area contributed by atoms with E-state index < -0.39 is 22.9 Å². The van der Waals surface area contributed by atoms with Gasteiger partial charge < -0.3 is 16.0 Å². The summed E-state index contributed by atoms with van der Waals surface area (Å²) in [6.45, 7) is 1.21. The van der Waals surface area contributed by atoms with Crippen molar-refractivity contribution in [3.8, 4) is 0 Å². The van der Waals surface area contributed by atoms with E-state index in [1.54, 1.807) is 12.1 Å². The molecule has 3 aromatic rings. The van der Waals surface area contributed by atoms with Crippen molar-refractivity contribution in [2.24, 2.45) is 0 Å². The van der Waals surface area contributed by atoms with Crippen LogP contribution in [0.5, 0.6) is 0 Å². The standard InChI is InChI=1S/C18H17N5O5S/c1-9-5-6-12(29-9)17(27)20-7-13(24)19-8-14(25)21-11-4-2-3-10-15(11)18(28)23-22-16(10)26/h2-6H,7-8H2,1H3,(H,19,24)(H,20,27)(H,21,25)(H,22,26)(H,23,28). The van der Waals surface area contributed by atoms with Crippen LogP contribution in [-0.2, 0) is 9.59 Å². The van der Waals surface area contributed by atoms with E-state index >= 15 is 0 Å². The summed E-state index contributed by atoms with van der Waals surface area (Å²) < 4.78 is 0. The normalized spacial score (nSPS) is 10.5. The highest BCUT2D eigenvalue weighted by Crippen LogP contribution is 2.16. The fraction of sp³-hybridized carbons (Fsp3) is 0.167. The number of carbonyl (C=O) groups is 3. The molecule has 10 nitrogen and oxygen atoms in total. The number of hydrogen-bond acceptors (Lipinski definition) is 6. The Morgan fingerprint density at radius 3 is 2.38 bits per heavy atom. The van der Waals surface area contributed by atoms with E-state index in [4.69, 9.17) is 0 Å². The van der Waals surface area contributed by atoms with E-state index in [1.807, 2.05) is 6.92 Å². The predicted molar refractivity (Wildman–Crippen MR) is 108 cm³/mol. The SMILES string of the molecule is Cc1ccc(C(=O)NCC(=O)NCC(=O)Nc2cccc3c(=O)[nH][nH]c(=O)c23)s1. The number of aromatic amines is 2. The van der Waals surface area contributed by atoms with Gasteiger partial charge in [0.25, 0.3) is 17.0 Å². The van der Waals surface area contributed by atoms with Gasteiger partial charge in [0.2, 0.25) is 11.8 Å².